The number of methoxy groups -OCH3 is 1. The summed E-state index contributed by atoms with van der Waals surface area (Å²) in [5.41, 5.74) is 1.83. The molecule has 0 atom stereocenters. The Morgan fingerprint density at radius 1 is 1.08 bits per heavy atom. The van der Waals surface area contributed by atoms with Crippen LogP contribution in [0.4, 0.5) is 0 Å². The number of hydrogen-bond donors (Lipinski definition) is 1. The van der Waals surface area contributed by atoms with Crippen molar-refractivity contribution in [3.05, 3.63) is 66.4 Å². The third kappa shape index (κ3) is 4.64. The van der Waals surface area contributed by atoms with Gasteiger partial charge in [-0.2, -0.15) is 0 Å². The Morgan fingerprint density at radius 2 is 1.96 bits per heavy atom. The highest BCUT2D eigenvalue weighted by atomic mass is 16.5. The molecule has 5 heteroatoms. The van der Waals surface area contributed by atoms with Gasteiger partial charge in [0, 0.05) is 37.5 Å². The molecule has 0 aliphatic rings. The van der Waals surface area contributed by atoms with Crippen LogP contribution in [0.2, 0.25) is 0 Å². The van der Waals surface area contributed by atoms with Gasteiger partial charge < -0.3 is 19.4 Å². The van der Waals surface area contributed by atoms with E-state index in [0.29, 0.717) is 31.1 Å². The van der Waals surface area contributed by atoms with Gasteiger partial charge in [0.25, 0.3) is 5.91 Å². The maximum atomic E-state index is 12.3. The van der Waals surface area contributed by atoms with E-state index in [-0.39, 0.29) is 5.91 Å². The van der Waals surface area contributed by atoms with Crippen molar-refractivity contribution in [1.82, 2.24) is 9.88 Å². The summed E-state index contributed by atoms with van der Waals surface area (Å²) in [6.45, 7) is 2.48. The molecule has 2 aromatic carbocycles. The predicted octanol–water partition coefficient (Wildman–Crippen LogP) is 3.49. The van der Waals surface area contributed by atoms with Gasteiger partial charge in [0.2, 0.25) is 0 Å². The number of nitrogens with one attached hydrogen (secondary N) is 1. The first-order chi connectivity index (χ1) is 12.8. The monoisotopic (exact) mass is 352 g/mol. The number of hydrogen-bond acceptors (Lipinski definition) is 3. The third-order valence-electron chi connectivity index (χ3n) is 4.19. The predicted molar refractivity (Wildman–Crippen MR) is 103 cm³/mol. The van der Waals surface area contributed by atoms with E-state index in [0.717, 1.165) is 13.0 Å². The third-order valence-corrected chi connectivity index (χ3v) is 4.19. The Kier molecular flexibility index (Phi) is 6.28. The summed E-state index contributed by atoms with van der Waals surface area (Å²) in [4.78, 5) is 12.3. The SMILES string of the molecule is COCCOc1cccc(C(=O)NCCCn2ccc3ccccc32)c1. The van der Waals surface area contributed by atoms with Crippen molar-refractivity contribution in [3.8, 4) is 5.75 Å². The fourth-order valence-corrected chi connectivity index (χ4v) is 2.86. The Hall–Kier alpha value is -2.79. The Morgan fingerprint density at radius 3 is 2.85 bits per heavy atom. The number of aromatic nitrogens is 1. The second-order valence-electron chi connectivity index (χ2n) is 6.05. The fourth-order valence-electron chi connectivity index (χ4n) is 2.86. The maximum Gasteiger partial charge on any atom is 0.251 e. The van der Waals surface area contributed by atoms with Gasteiger partial charge in [-0.3, -0.25) is 4.79 Å². The minimum absolute atomic E-state index is 0.0837. The molecule has 1 heterocycles. The van der Waals surface area contributed by atoms with Crippen molar-refractivity contribution in [1.29, 1.82) is 0 Å². The van der Waals surface area contributed by atoms with Crippen molar-refractivity contribution >= 4 is 16.8 Å². The standard InChI is InChI=1S/C21H24N2O3/c1-25-14-15-26-19-8-4-7-18(16-19)21(24)22-11-5-12-23-13-10-17-6-2-3-9-20(17)23/h2-4,6-10,13,16H,5,11-12,14-15H2,1H3,(H,22,24). The van der Waals surface area contributed by atoms with Crippen molar-refractivity contribution in [2.45, 2.75) is 13.0 Å². The maximum absolute atomic E-state index is 12.3. The molecular weight excluding hydrogens is 328 g/mol. The second kappa shape index (κ2) is 9.06. The highest BCUT2D eigenvalue weighted by Gasteiger charge is 2.06. The molecule has 1 N–H and O–H groups in total. The van der Waals surface area contributed by atoms with Crippen LogP contribution in [-0.2, 0) is 11.3 Å². The summed E-state index contributed by atoms with van der Waals surface area (Å²) in [6.07, 6.45) is 2.96. The lowest BCUT2D eigenvalue weighted by molar-refractivity contribution is 0.0952. The van der Waals surface area contributed by atoms with Gasteiger partial charge in [-0.1, -0.05) is 24.3 Å². The number of carbonyl (C=O) groups is 1. The molecule has 0 spiro atoms. The zero-order chi connectivity index (χ0) is 18.2. The van der Waals surface area contributed by atoms with Gasteiger partial charge in [-0.05, 0) is 42.1 Å². The first-order valence-corrected chi connectivity index (χ1v) is 8.82. The van der Waals surface area contributed by atoms with Gasteiger partial charge in [0.05, 0.1) is 6.61 Å². The first-order valence-electron chi connectivity index (χ1n) is 8.82. The molecule has 0 saturated heterocycles. The van der Waals surface area contributed by atoms with E-state index in [2.05, 4.69) is 34.3 Å². The summed E-state index contributed by atoms with van der Waals surface area (Å²) >= 11 is 0. The number of rotatable bonds is 9. The smallest absolute Gasteiger partial charge is 0.251 e. The minimum Gasteiger partial charge on any atom is -0.491 e. The van der Waals surface area contributed by atoms with Crippen LogP contribution in [-0.4, -0.2) is 37.3 Å². The van der Waals surface area contributed by atoms with Crippen LogP contribution in [0.15, 0.2) is 60.8 Å². The molecule has 1 aromatic heterocycles. The molecule has 0 bridgehead atoms. The summed E-state index contributed by atoms with van der Waals surface area (Å²) in [5.74, 6) is 0.591. The average molecular weight is 352 g/mol. The molecule has 0 saturated carbocycles. The molecule has 0 radical (unpaired) electrons. The lowest BCUT2D eigenvalue weighted by Gasteiger charge is -2.09. The normalized spacial score (nSPS) is 10.8. The topological polar surface area (TPSA) is 52.5 Å². The molecule has 136 valence electrons. The zero-order valence-electron chi connectivity index (χ0n) is 15.0. The second-order valence-corrected chi connectivity index (χ2v) is 6.05. The summed E-state index contributed by atoms with van der Waals surface area (Å²) in [5, 5.41) is 4.21. The number of nitrogens with zero attached hydrogens (tertiary/aromatic N) is 1. The average Bonchev–Trinajstić information content (AvgIpc) is 3.09. The number of fused-ring (bicyclic) bond motifs is 1. The van der Waals surface area contributed by atoms with Gasteiger partial charge in [0.15, 0.2) is 0 Å². The number of carbonyl (C=O) groups excluding carboxylic acids is 1. The van der Waals surface area contributed by atoms with Gasteiger partial charge in [-0.25, -0.2) is 0 Å². The Labute approximate surface area is 153 Å². The Balaban J connectivity index is 1.47. The molecule has 0 fully saturated rings. The zero-order valence-corrected chi connectivity index (χ0v) is 15.0. The van der Waals surface area contributed by atoms with Crippen LogP contribution in [0.5, 0.6) is 5.75 Å². The lowest BCUT2D eigenvalue weighted by atomic mass is 10.2. The molecule has 3 aromatic rings. The van der Waals surface area contributed by atoms with Crippen molar-refractivity contribution < 1.29 is 14.3 Å². The van der Waals surface area contributed by atoms with E-state index in [9.17, 15) is 4.79 Å². The fraction of sp³-hybridized carbons (Fsp3) is 0.286. The first kappa shape index (κ1) is 18.0. The molecule has 26 heavy (non-hydrogen) atoms. The van der Waals surface area contributed by atoms with Crippen molar-refractivity contribution in [2.24, 2.45) is 0 Å². The van der Waals surface area contributed by atoms with E-state index < -0.39 is 0 Å². The lowest BCUT2D eigenvalue weighted by Crippen LogP contribution is -2.25. The van der Waals surface area contributed by atoms with Crippen LogP contribution in [0.1, 0.15) is 16.8 Å². The van der Waals surface area contributed by atoms with Crippen molar-refractivity contribution in [3.63, 3.8) is 0 Å². The van der Waals surface area contributed by atoms with E-state index in [1.54, 1.807) is 19.2 Å². The molecule has 1 amide bonds. The number of amides is 1. The van der Waals surface area contributed by atoms with Crippen LogP contribution in [0.25, 0.3) is 10.9 Å². The number of ether oxygens (including phenoxy) is 2. The largest absolute Gasteiger partial charge is 0.491 e. The van der Waals surface area contributed by atoms with Gasteiger partial charge in [0.1, 0.15) is 12.4 Å². The molecule has 0 aliphatic carbocycles. The molecular formula is C21H24N2O3. The summed E-state index contributed by atoms with van der Waals surface area (Å²) in [6, 6.07) is 17.6. The van der Waals surface area contributed by atoms with Crippen LogP contribution < -0.4 is 10.1 Å². The highest BCUT2D eigenvalue weighted by molar-refractivity contribution is 5.94. The molecule has 5 nitrogen and oxygen atoms in total. The van der Waals surface area contributed by atoms with Gasteiger partial charge >= 0.3 is 0 Å². The van der Waals surface area contributed by atoms with Crippen LogP contribution in [0, 0.1) is 0 Å². The summed E-state index contributed by atoms with van der Waals surface area (Å²) < 4.78 is 12.7. The number of para-hydroxylation sites is 1. The molecule has 0 aliphatic heterocycles. The van der Waals surface area contributed by atoms with Crippen molar-refractivity contribution in [2.75, 3.05) is 26.9 Å². The quantitative estimate of drug-likeness (QED) is 0.600. The molecule has 3 rings (SSSR count). The van der Waals surface area contributed by atoms with E-state index in [1.165, 1.54) is 10.9 Å². The van der Waals surface area contributed by atoms with Gasteiger partial charge in [-0.15, -0.1) is 0 Å². The van der Waals surface area contributed by atoms with E-state index in [4.69, 9.17) is 9.47 Å². The van der Waals surface area contributed by atoms with E-state index >= 15 is 0 Å². The highest BCUT2D eigenvalue weighted by Crippen LogP contribution is 2.15. The number of aryl methyl sites for hydroxylation is 1. The summed E-state index contributed by atoms with van der Waals surface area (Å²) in [7, 11) is 1.63. The van der Waals surface area contributed by atoms with Crippen LogP contribution in [0.3, 0.4) is 0 Å². The number of benzene rings is 2. The van der Waals surface area contributed by atoms with Crippen LogP contribution >= 0.6 is 0 Å². The minimum atomic E-state index is -0.0837. The molecule has 0 unspecified atom stereocenters. The Bertz CT molecular complexity index is 857. The van der Waals surface area contributed by atoms with E-state index in [1.807, 2.05) is 24.3 Å².